The van der Waals surface area contributed by atoms with Crippen LogP contribution in [0.3, 0.4) is 0 Å². The molecule has 0 N–H and O–H groups in total. The van der Waals surface area contributed by atoms with Gasteiger partial charge in [0.1, 0.15) is 27.8 Å². The van der Waals surface area contributed by atoms with Gasteiger partial charge in [-0.2, -0.15) is 0 Å². The number of para-hydroxylation sites is 1. The fourth-order valence-corrected chi connectivity index (χ4v) is 6.89. The van der Waals surface area contributed by atoms with E-state index in [4.69, 9.17) is 18.2 Å². The Balaban J connectivity index is 1.21. The minimum atomic E-state index is 0.585. The lowest BCUT2D eigenvalue weighted by atomic mass is 10.0. The van der Waals surface area contributed by atoms with Crippen LogP contribution in [0.15, 0.2) is 171 Å². The van der Waals surface area contributed by atoms with Gasteiger partial charge in [0.25, 0.3) is 0 Å². The Labute approximate surface area is 274 Å². The molecule has 10 rings (SSSR count). The van der Waals surface area contributed by atoms with Gasteiger partial charge in [-0.05, 0) is 83.9 Å². The number of furan rings is 2. The Bertz CT molecular complexity index is 2770. The molecule has 0 fully saturated rings. The highest BCUT2D eigenvalue weighted by molar-refractivity contribution is 6.18. The average Bonchev–Trinajstić information content (AvgIpc) is 3.86. The summed E-state index contributed by atoms with van der Waals surface area (Å²) in [5.41, 5.74) is 11.1. The molecule has 0 aliphatic heterocycles. The molecule has 226 valence electrons. The van der Waals surface area contributed by atoms with Crippen LogP contribution in [0.2, 0.25) is 0 Å². The SMILES string of the molecule is c1ccc(-c2ccc(N(c3ccc4oc5ccc6oc(-c7ccccc7)nc6c5c4c3)c3cccc4oc5ccccc5c34)cc2)cc1. The fourth-order valence-electron chi connectivity index (χ4n) is 6.89. The van der Waals surface area contributed by atoms with Gasteiger partial charge >= 0.3 is 0 Å². The number of hydrogen-bond acceptors (Lipinski definition) is 5. The van der Waals surface area contributed by atoms with E-state index in [1.807, 2.05) is 72.8 Å². The van der Waals surface area contributed by atoms with E-state index in [9.17, 15) is 0 Å². The number of fused-ring (bicyclic) bond motifs is 8. The second-order valence-electron chi connectivity index (χ2n) is 11.9. The van der Waals surface area contributed by atoms with Gasteiger partial charge in [-0.1, -0.05) is 84.9 Å². The number of oxazole rings is 1. The van der Waals surface area contributed by atoms with Crippen molar-refractivity contribution in [1.82, 2.24) is 4.98 Å². The second-order valence-corrected chi connectivity index (χ2v) is 11.9. The third kappa shape index (κ3) is 4.15. The summed E-state index contributed by atoms with van der Waals surface area (Å²) < 4.78 is 19.0. The highest BCUT2D eigenvalue weighted by atomic mass is 16.4. The number of hydrogen-bond donors (Lipinski definition) is 0. The van der Waals surface area contributed by atoms with Gasteiger partial charge in [0, 0.05) is 27.7 Å². The van der Waals surface area contributed by atoms with Crippen molar-refractivity contribution in [2.75, 3.05) is 4.90 Å². The predicted octanol–water partition coefficient (Wildman–Crippen LogP) is 12.4. The summed E-state index contributed by atoms with van der Waals surface area (Å²) in [6.45, 7) is 0. The van der Waals surface area contributed by atoms with E-state index in [-0.39, 0.29) is 0 Å². The molecular weight excluding hydrogens is 592 g/mol. The molecule has 0 unspecified atom stereocenters. The van der Waals surface area contributed by atoms with Crippen LogP contribution in [0.25, 0.3) is 77.6 Å². The van der Waals surface area contributed by atoms with Crippen LogP contribution in [0.1, 0.15) is 0 Å². The van der Waals surface area contributed by atoms with Crippen molar-refractivity contribution in [1.29, 1.82) is 0 Å². The van der Waals surface area contributed by atoms with Crippen molar-refractivity contribution in [3.63, 3.8) is 0 Å². The molecule has 0 saturated carbocycles. The lowest BCUT2D eigenvalue weighted by Gasteiger charge is -2.26. The topological polar surface area (TPSA) is 55.6 Å². The highest BCUT2D eigenvalue weighted by Gasteiger charge is 2.22. The molecular formula is C43H26N2O3. The number of rotatable bonds is 5. The van der Waals surface area contributed by atoms with Crippen molar-refractivity contribution < 1.29 is 13.3 Å². The van der Waals surface area contributed by atoms with Crippen LogP contribution >= 0.6 is 0 Å². The van der Waals surface area contributed by atoms with E-state index in [2.05, 4.69) is 89.8 Å². The molecule has 0 atom stereocenters. The van der Waals surface area contributed by atoms with E-state index in [0.717, 1.165) is 83.2 Å². The Hall–Kier alpha value is -6.59. The van der Waals surface area contributed by atoms with Gasteiger partial charge in [0.05, 0.1) is 16.5 Å². The van der Waals surface area contributed by atoms with Crippen LogP contribution in [0, 0.1) is 0 Å². The highest BCUT2D eigenvalue weighted by Crippen LogP contribution is 2.45. The van der Waals surface area contributed by atoms with Gasteiger partial charge in [-0.25, -0.2) is 4.98 Å². The van der Waals surface area contributed by atoms with Crippen LogP contribution in [-0.4, -0.2) is 4.98 Å². The molecule has 0 saturated heterocycles. The van der Waals surface area contributed by atoms with Crippen LogP contribution in [0.5, 0.6) is 0 Å². The molecule has 48 heavy (non-hydrogen) atoms. The van der Waals surface area contributed by atoms with Crippen molar-refractivity contribution in [2.45, 2.75) is 0 Å². The van der Waals surface area contributed by atoms with E-state index >= 15 is 0 Å². The maximum Gasteiger partial charge on any atom is 0.227 e. The minimum Gasteiger partial charge on any atom is -0.456 e. The van der Waals surface area contributed by atoms with Crippen molar-refractivity contribution in [3.05, 3.63) is 158 Å². The second kappa shape index (κ2) is 10.5. The lowest BCUT2D eigenvalue weighted by molar-refractivity contribution is 0.619. The molecule has 5 heteroatoms. The number of nitrogens with zero attached hydrogens (tertiary/aromatic N) is 2. The molecule has 0 spiro atoms. The summed E-state index contributed by atoms with van der Waals surface area (Å²) >= 11 is 0. The summed E-state index contributed by atoms with van der Waals surface area (Å²) in [4.78, 5) is 7.28. The zero-order valence-corrected chi connectivity index (χ0v) is 25.6. The normalized spacial score (nSPS) is 11.8. The zero-order chi connectivity index (χ0) is 31.6. The maximum atomic E-state index is 6.39. The van der Waals surface area contributed by atoms with Crippen LogP contribution < -0.4 is 4.90 Å². The number of anilines is 3. The third-order valence-corrected chi connectivity index (χ3v) is 9.11. The zero-order valence-electron chi connectivity index (χ0n) is 25.6. The summed E-state index contributed by atoms with van der Waals surface area (Å²) in [7, 11) is 0. The Morgan fingerprint density at radius 3 is 1.81 bits per heavy atom. The smallest absolute Gasteiger partial charge is 0.227 e. The summed E-state index contributed by atoms with van der Waals surface area (Å²) in [5, 5.41) is 4.03. The molecule has 0 aliphatic rings. The molecule has 0 aliphatic carbocycles. The molecule has 3 aromatic heterocycles. The third-order valence-electron chi connectivity index (χ3n) is 9.11. The Kier molecular flexibility index (Phi) is 5.81. The van der Waals surface area contributed by atoms with Gasteiger partial charge < -0.3 is 18.2 Å². The van der Waals surface area contributed by atoms with Gasteiger partial charge in [0.2, 0.25) is 5.89 Å². The molecule has 10 aromatic rings. The number of benzene rings is 7. The maximum absolute atomic E-state index is 6.39. The Morgan fingerprint density at radius 2 is 1.00 bits per heavy atom. The predicted molar refractivity (Wildman–Crippen MR) is 194 cm³/mol. The quantitative estimate of drug-likeness (QED) is 0.192. The Morgan fingerprint density at radius 1 is 0.396 bits per heavy atom. The monoisotopic (exact) mass is 618 g/mol. The van der Waals surface area contributed by atoms with Crippen LogP contribution in [0.4, 0.5) is 17.1 Å². The summed E-state index contributed by atoms with van der Waals surface area (Å²) in [5.74, 6) is 0.585. The number of aromatic nitrogens is 1. The van der Waals surface area contributed by atoms with Crippen molar-refractivity contribution >= 4 is 72.0 Å². The summed E-state index contributed by atoms with van der Waals surface area (Å²) in [6, 6.07) is 53.9. The molecule has 0 amide bonds. The largest absolute Gasteiger partial charge is 0.456 e. The standard InChI is InChI=1S/C43H26N2O3/c1-3-10-27(11-4-1)28-18-20-30(21-19-28)45(34-15-9-17-37-40(34)32-14-7-8-16-35(32)46-37)31-22-23-36-33(26-31)41-38(47-36)24-25-39-42(41)44-43(48-39)29-12-5-2-6-13-29/h1-26H. The molecule has 0 bridgehead atoms. The first-order chi connectivity index (χ1) is 23.8. The van der Waals surface area contributed by atoms with Gasteiger partial charge in [0.15, 0.2) is 5.58 Å². The molecule has 0 radical (unpaired) electrons. The van der Waals surface area contributed by atoms with Crippen molar-refractivity contribution in [2.24, 2.45) is 0 Å². The first-order valence-electron chi connectivity index (χ1n) is 16.0. The average molecular weight is 619 g/mol. The van der Waals surface area contributed by atoms with Crippen LogP contribution in [-0.2, 0) is 0 Å². The minimum absolute atomic E-state index is 0.585. The van der Waals surface area contributed by atoms with Gasteiger partial charge in [-0.3, -0.25) is 0 Å². The van der Waals surface area contributed by atoms with E-state index < -0.39 is 0 Å². The van der Waals surface area contributed by atoms with E-state index in [0.29, 0.717) is 5.89 Å². The molecule has 5 nitrogen and oxygen atoms in total. The first-order valence-corrected chi connectivity index (χ1v) is 16.0. The van der Waals surface area contributed by atoms with Crippen molar-refractivity contribution in [3.8, 4) is 22.6 Å². The lowest BCUT2D eigenvalue weighted by Crippen LogP contribution is -2.10. The summed E-state index contributed by atoms with van der Waals surface area (Å²) in [6.07, 6.45) is 0. The van der Waals surface area contributed by atoms with E-state index in [1.54, 1.807) is 0 Å². The molecule has 7 aromatic carbocycles. The van der Waals surface area contributed by atoms with Gasteiger partial charge in [-0.15, -0.1) is 0 Å². The fraction of sp³-hybridized carbons (Fsp3) is 0. The first kappa shape index (κ1) is 26.6. The van der Waals surface area contributed by atoms with E-state index in [1.165, 1.54) is 5.56 Å². The molecule has 3 heterocycles.